The van der Waals surface area contributed by atoms with E-state index >= 15 is 0 Å². The van der Waals surface area contributed by atoms with Crippen LogP contribution in [-0.2, 0) is 9.53 Å². The van der Waals surface area contributed by atoms with E-state index in [0.29, 0.717) is 0 Å². The highest BCUT2D eigenvalue weighted by atomic mass is 35.5. The Morgan fingerprint density at radius 2 is 1.83 bits per heavy atom. The van der Waals surface area contributed by atoms with Crippen LogP contribution in [0.25, 0.3) is 0 Å². The average molecular weight is 302 g/mol. The van der Waals surface area contributed by atoms with Crippen LogP contribution in [0.15, 0.2) is 0 Å². The summed E-state index contributed by atoms with van der Waals surface area (Å²) in [4.78, 5) is 15.8. The van der Waals surface area contributed by atoms with E-state index < -0.39 is 0 Å². The van der Waals surface area contributed by atoms with Crippen molar-refractivity contribution in [2.24, 2.45) is 5.73 Å². The minimum atomic E-state index is -0.380. The summed E-state index contributed by atoms with van der Waals surface area (Å²) >= 11 is 0. The van der Waals surface area contributed by atoms with E-state index in [9.17, 15) is 4.79 Å². The lowest BCUT2D eigenvalue weighted by Crippen LogP contribution is -2.52. The topological polar surface area (TPSA) is 58.8 Å². The highest BCUT2D eigenvalue weighted by molar-refractivity contribution is 5.85. The molecular formula is C11H25Cl2N3O2. The predicted octanol–water partition coefficient (Wildman–Crippen LogP) is 0.358. The van der Waals surface area contributed by atoms with Crippen LogP contribution in [0.1, 0.15) is 13.8 Å². The van der Waals surface area contributed by atoms with Gasteiger partial charge in [-0.05, 0) is 13.8 Å². The van der Waals surface area contributed by atoms with Gasteiger partial charge in [-0.3, -0.25) is 9.69 Å². The zero-order chi connectivity index (χ0) is 12.0. The second-order valence-electron chi connectivity index (χ2n) is 4.15. The summed E-state index contributed by atoms with van der Waals surface area (Å²) < 4.78 is 5.31. The standard InChI is InChI=1S/C11H23N3O2.2ClH/c1-3-16-9-8-13-4-6-14(7-5-13)11(15)10(2)12;;/h10H,3-9,12H2,1-2H3;2*1H/t10-;;/m1../s1. The van der Waals surface area contributed by atoms with Crippen molar-refractivity contribution >= 4 is 30.7 Å². The Morgan fingerprint density at radius 3 is 2.28 bits per heavy atom. The molecule has 0 radical (unpaired) electrons. The lowest BCUT2D eigenvalue weighted by Gasteiger charge is -2.35. The first kappa shape index (κ1) is 20.3. The minimum absolute atomic E-state index is 0. The molecule has 0 aromatic carbocycles. The monoisotopic (exact) mass is 301 g/mol. The molecule has 1 atom stereocenters. The van der Waals surface area contributed by atoms with Crippen LogP contribution in [0.5, 0.6) is 0 Å². The van der Waals surface area contributed by atoms with Crippen molar-refractivity contribution in [3.8, 4) is 0 Å². The number of ether oxygens (including phenoxy) is 1. The van der Waals surface area contributed by atoms with Crippen LogP contribution < -0.4 is 5.73 Å². The predicted molar refractivity (Wildman–Crippen MR) is 77.7 cm³/mol. The van der Waals surface area contributed by atoms with Crippen molar-refractivity contribution < 1.29 is 9.53 Å². The van der Waals surface area contributed by atoms with Crippen LogP contribution >= 0.6 is 24.8 Å². The fraction of sp³-hybridized carbons (Fsp3) is 0.909. The smallest absolute Gasteiger partial charge is 0.239 e. The van der Waals surface area contributed by atoms with Gasteiger partial charge in [0.15, 0.2) is 0 Å². The summed E-state index contributed by atoms with van der Waals surface area (Å²) in [6, 6.07) is -0.380. The van der Waals surface area contributed by atoms with Gasteiger partial charge in [0.25, 0.3) is 0 Å². The first-order chi connectivity index (χ1) is 7.65. The van der Waals surface area contributed by atoms with E-state index in [4.69, 9.17) is 10.5 Å². The molecule has 1 saturated heterocycles. The Bertz CT molecular complexity index is 222. The molecule has 1 fully saturated rings. The quantitative estimate of drug-likeness (QED) is 0.745. The number of piperazine rings is 1. The molecule has 0 bridgehead atoms. The van der Waals surface area contributed by atoms with E-state index in [1.54, 1.807) is 6.92 Å². The van der Waals surface area contributed by atoms with E-state index in [0.717, 1.165) is 45.9 Å². The molecule has 0 unspecified atom stereocenters. The number of amides is 1. The Morgan fingerprint density at radius 1 is 1.28 bits per heavy atom. The number of rotatable bonds is 5. The first-order valence-electron chi connectivity index (χ1n) is 5.99. The van der Waals surface area contributed by atoms with Crippen LogP contribution in [-0.4, -0.2) is 67.7 Å². The van der Waals surface area contributed by atoms with E-state index in [2.05, 4.69) is 4.90 Å². The van der Waals surface area contributed by atoms with Crippen LogP contribution in [0, 0.1) is 0 Å². The zero-order valence-corrected chi connectivity index (χ0v) is 12.8. The largest absolute Gasteiger partial charge is 0.380 e. The molecule has 1 rings (SSSR count). The minimum Gasteiger partial charge on any atom is -0.380 e. The molecule has 18 heavy (non-hydrogen) atoms. The molecule has 0 aromatic heterocycles. The average Bonchev–Trinajstić information content (AvgIpc) is 2.29. The van der Waals surface area contributed by atoms with Crippen molar-refractivity contribution in [2.45, 2.75) is 19.9 Å². The maximum absolute atomic E-state index is 11.6. The number of carbonyl (C=O) groups is 1. The Balaban J connectivity index is 0. The highest BCUT2D eigenvalue weighted by Crippen LogP contribution is 2.03. The normalized spacial score (nSPS) is 17.6. The summed E-state index contributed by atoms with van der Waals surface area (Å²) in [6.07, 6.45) is 0. The molecule has 2 N–H and O–H groups in total. The molecule has 0 saturated carbocycles. The lowest BCUT2D eigenvalue weighted by molar-refractivity contribution is -0.134. The van der Waals surface area contributed by atoms with Crippen LogP contribution in [0.2, 0.25) is 0 Å². The summed E-state index contributed by atoms with van der Waals surface area (Å²) in [7, 11) is 0. The summed E-state index contributed by atoms with van der Waals surface area (Å²) in [6.45, 7) is 9.65. The van der Waals surface area contributed by atoms with Crippen LogP contribution in [0.3, 0.4) is 0 Å². The van der Waals surface area contributed by atoms with Gasteiger partial charge in [-0.2, -0.15) is 0 Å². The fourth-order valence-corrected chi connectivity index (χ4v) is 1.82. The van der Waals surface area contributed by atoms with E-state index in [1.165, 1.54) is 0 Å². The Kier molecular flexibility index (Phi) is 12.2. The molecule has 0 aliphatic carbocycles. The molecular weight excluding hydrogens is 277 g/mol. The number of hydrogen-bond donors (Lipinski definition) is 1. The van der Waals surface area contributed by atoms with Gasteiger partial charge in [0.1, 0.15) is 0 Å². The second kappa shape index (κ2) is 10.8. The summed E-state index contributed by atoms with van der Waals surface area (Å²) in [5, 5.41) is 0. The number of hydrogen-bond acceptors (Lipinski definition) is 4. The van der Waals surface area contributed by atoms with Crippen LogP contribution in [0.4, 0.5) is 0 Å². The number of nitrogens with zero attached hydrogens (tertiary/aromatic N) is 2. The van der Waals surface area contributed by atoms with Gasteiger partial charge in [0.2, 0.25) is 5.91 Å². The molecule has 5 nitrogen and oxygen atoms in total. The molecule has 110 valence electrons. The third kappa shape index (κ3) is 6.75. The summed E-state index contributed by atoms with van der Waals surface area (Å²) in [5.41, 5.74) is 5.57. The Labute approximate surface area is 122 Å². The van der Waals surface area contributed by atoms with Gasteiger partial charge < -0.3 is 15.4 Å². The third-order valence-corrected chi connectivity index (χ3v) is 2.83. The molecule has 0 aromatic rings. The molecule has 1 aliphatic heterocycles. The number of nitrogens with two attached hydrogens (primary N) is 1. The number of carbonyl (C=O) groups excluding carboxylic acids is 1. The number of halogens is 2. The molecule has 1 aliphatic rings. The van der Waals surface area contributed by atoms with Gasteiger partial charge in [-0.25, -0.2) is 0 Å². The fourth-order valence-electron chi connectivity index (χ4n) is 1.82. The first-order valence-corrected chi connectivity index (χ1v) is 5.99. The van der Waals surface area contributed by atoms with Gasteiger partial charge in [-0.1, -0.05) is 0 Å². The van der Waals surface area contributed by atoms with Crippen molar-refractivity contribution in [3.05, 3.63) is 0 Å². The van der Waals surface area contributed by atoms with Gasteiger partial charge in [-0.15, -0.1) is 24.8 Å². The van der Waals surface area contributed by atoms with E-state index in [1.807, 2.05) is 11.8 Å². The van der Waals surface area contributed by atoms with Crippen molar-refractivity contribution in [3.63, 3.8) is 0 Å². The highest BCUT2D eigenvalue weighted by Gasteiger charge is 2.22. The summed E-state index contributed by atoms with van der Waals surface area (Å²) in [5.74, 6) is 0.0597. The molecule has 1 heterocycles. The van der Waals surface area contributed by atoms with Crippen molar-refractivity contribution in [1.29, 1.82) is 0 Å². The maximum atomic E-state index is 11.6. The third-order valence-electron chi connectivity index (χ3n) is 2.83. The zero-order valence-electron chi connectivity index (χ0n) is 11.1. The molecule has 1 amide bonds. The van der Waals surface area contributed by atoms with Gasteiger partial charge in [0.05, 0.1) is 12.6 Å². The lowest BCUT2D eigenvalue weighted by atomic mass is 10.2. The van der Waals surface area contributed by atoms with Crippen molar-refractivity contribution in [1.82, 2.24) is 9.80 Å². The maximum Gasteiger partial charge on any atom is 0.239 e. The van der Waals surface area contributed by atoms with Gasteiger partial charge >= 0.3 is 0 Å². The molecule has 7 heteroatoms. The molecule has 0 spiro atoms. The van der Waals surface area contributed by atoms with E-state index in [-0.39, 0.29) is 36.8 Å². The SMILES string of the molecule is CCOCCN1CCN(C(=O)[C@@H](C)N)CC1.Cl.Cl. The van der Waals surface area contributed by atoms with Crippen molar-refractivity contribution in [2.75, 3.05) is 45.9 Å². The second-order valence-corrected chi connectivity index (χ2v) is 4.15. The van der Waals surface area contributed by atoms with Gasteiger partial charge in [0, 0.05) is 39.3 Å². The Hall–Kier alpha value is -0.0700.